The summed E-state index contributed by atoms with van der Waals surface area (Å²) in [6.45, 7) is 6.08. The Morgan fingerprint density at radius 1 is 1.12 bits per heavy atom. The first-order valence-electron chi connectivity index (χ1n) is 8.31. The summed E-state index contributed by atoms with van der Waals surface area (Å²) < 4.78 is 0. The maximum Gasteiger partial charge on any atom is 0.227 e. The van der Waals surface area contributed by atoms with Gasteiger partial charge in [0.1, 0.15) is 0 Å². The lowest BCUT2D eigenvalue weighted by Crippen LogP contribution is -2.24. The largest absolute Gasteiger partial charge is 0.394 e. The summed E-state index contributed by atoms with van der Waals surface area (Å²) in [6.07, 6.45) is 3.98. The normalized spacial score (nSPS) is 12.2. The Balaban J connectivity index is 2.04. The molecule has 0 saturated carbocycles. The van der Waals surface area contributed by atoms with Crippen LogP contribution in [0.25, 0.3) is 11.2 Å². The second-order valence-corrected chi connectivity index (χ2v) is 6.00. The zero-order valence-electron chi connectivity index (χ0n) is 14.6. The third-order valence-electron chi connectivity index (χ3n) is 4.03. The van der Waals surface area contributed by atoms with Crippen LogP contribution in [-0.2, 0) is 0 Å². The van der Waals surface area contributed by atoms with E-state index in [1.807, 2.05) is 20.8 Å². The quantitative estimate of drug-likeness (QED) is 0.636. The van der Waals surface area contributed by atoms with E-state index in [0.717, 1.165) is 23.2 Å². The minimum absolute atomic E-state index is 0.0120. The Kier molecular flexibility index (Phi) is 5.04. The molecule has 3 aromatic rings. The number of aryl methyl sites for hydroxylation is 2. The molecule has 0 aliphatic carbocycles. The van der Waals surface area contributed by atoms with Crippen molar-refractivity contribution in [3.8, 4) is 0 Å². The topological polar surface area (TPSA) is 95.8 Å². The second kappa shape index (κ2) is 7.40. The molecule has 0 amide bonds. The molecule has 0 radical (unpaired) electrons. The average molecular weight is 338 g/mol. The van der Waals surface area contributed by atoms with Gasteiger partial charge in [-0.05, 0) is 37.5 Å². The van der Waals surface area contributed by atoms with Crippen LogP contribution in [0.4, 0.5) is 17.5 Å². The number of aliphatic hydroxyl groups excluding tert-OH is 1. The summed E-state index contributed by atoms with van der Waals surface area (Å²) in [7, 11) is 0. The minimum atomic E-state index is -0.109. The number of nitrogens with one attached hydrogen (secondary N) is 2. The number of benzene rings is 1. The highest BCUT2D eigenvalue weighted by atomic mass is 16.3. The van der Waals surface area contributed by atoms with E-state index < -0.39 is 0 Å². The molecule has 7 heteroatoms. The van der Waals surface area contributed by atoms with Crippen LogP contribution in [-0.4, -0.2) is 37.7 Å². The van der Waals surface area contributed by atoms with Gasteiger partial charge in [-0.25, -0.2) is 9.97 Å². The Bertz CT molecular complexity index is 879. The Morgan fingerprint density at radius 3 is 2.68 bits per heavy atom. The molecule has 3 N–H and O–H groups in total. The Hall–Kier alpha value is -2.80. The number of anilines is 3. The molecule has 1 atom stereocenters. The molecule has 25 heavy (non-hydrogen) atoms. The molecule has 2 heterocycles. The van der Waals surface area contributed by atoms with Gasteiger partial charge in [-0.15, -0.1) is 0 Å². The van der Waals surface area contributed by atoms with Gasteiger partial charge in [0, 0.05) is 18.1 Å². The molecule has 2 aromatic heterocycles. The number of hydrogen-bond acceptors (Lipinski definition) is 7. The van der Waals surface area contributed by atoms with E-state index >= 15 is 0 Å². The third-order valence-corrected chi connectivity index (χ3v) is 4.03. The number of hydrogen-bond donors (Lipinski definition) is 3. The summed E-state index contributed by atoms with van der Waals surface area (Å²) in [5.74, 6) is 1.00. The summed E-state index contributed by atoms with van der Waals surface area (Å²) in [5.41, 5.74) is 4.33. The SMILES string of the molecule is CC[C@@H](CO)Nc1nc(Nc2cc(C)ccc2C)c2nccnc2n1. The summed E-state index contributed by atoms with van der Waals surface area (Å²) >= 11 is 0. The number of fused-ring (bicyclic) bond motifs is 1. The molecule has 1 aromatic carbocycles. The molecule has 0 unspecified atom stereocenters. The fraction of sp³-hybridized carbons (Fsp3) is 0.333. The van der Waals surface area contributed by atoms with E-state index in [0.29, 0.717) is 22.9 Å². The van der Waals surface area contributed by atoms with E-state index in [1.54, 1.807) is 12.4 Å². The van der Waals surface area contributed by atoms with Gasteiger partial charge in [-0.1, -0.05) is 19.1 Å². The molecule has 0 aliphatic rings. The number of nitrogens with zero attached hydrogens (tertiary/aromatic N) is 4. The van der Waals surface area contributed by atoms with Crippen LogP contribution < -0.4 is 10.6 Å². The Labute approximate surface area is 146 Å². The van der Waals surface area contributed by atoms with E-state index in [1.165, 1.54) is 0 Å². The monoisotopic (exact) mass is 338 g/mol. The van der Waals surface area contributed by atoms with Crippen LogP contribution in [0.1, 0.15) is 24.5 Å². The molecular weight excluding hydrogens is 316 g/mol. The van der Waals surface area contributed by atoms with Crippen molar-refractivity contribution in [2.45, 2.75) is 33.2 Å². The van der Waals surface area contributed by atoms with Crippen molar-refractivity contribution in [2.75, 3.05) is 17.2 Å². The van der Waals surface area contributed by atoms with Crippen molar-refractivity contribution in [3.05, 3.63) is 41.7 Å². The zero-order valence-corrected chi connectivity index (χ0v) is 14.6. The lowest BCUT2D eigenvalue weighted by Gasteiger charge is -2.16. The highest BCUT2D eigenvalue weighted by molar-refractivity contribution is 5.86. The minimum Gasteiger partial charge on any atom is -0.394 e. The number of aliphatic hydroxyl groups is 1. The van der Waals surface area contributed by atoms with E-state index in [9.17, 15) is 5.11 Å². The van der Waals surface area contributed by atoms with E-state index in [4.69, 9.17) is 0 Å². The predicted molar refractivity (Wildman–Crippen MR) is 99.1 cm³/mol. The van der Waals surface area contributed by atoms with Crippen molar-refractivity contribution in [1.29, 1.82) is 0 Å². The third kappa shape index (κ3) is 3.83. The van der Waals surface area contributed by atoms with E-state index in [-0.39, 0.29) is 12.6 Å². The van der Waals surface area contributed by atoms with Crippen LogP contribution in [0, 0.1) is 13.8 Å². The van der Waals surface area contributed by atoms with Crippen LogP contribution >= 0.6 is 0 Å². The van der Waals surface area contributed by atoms with Crippen LogP contribution in [0.5, 0.6) is 0 Å². The fourth-order valence-corrected chi connectivity index (χ4v) is 2.47. The first-order chi connectivity index (χ1) is 12.1. The van der Waals surface area contributed by atoms with E-state index in [2.05, 4.69) is 48.8 Å². The molecule has 3 rings (SSSR count). The van der Waals surface area contributed by atoms with Gasteiger partial charge in [0.05, 0.1) is 12.6 Å². The highest BCUT2D eigenvalue weighted by Gasteiger charge is 2.13. The molecule has 0 aliphatic heterocycles. The summed E-state index contributed by atoms with van der Waals surface area (Å²) in [4.78, 5) is 17.6. The first kappa shape index (κ1) is 17.0. The zero-order chi connectivity index (χ0) is 17.8. The summed E-state index contributed by atoms with van der Waals surface area (Å²) in [5, 5.41) is 15.9. The summed E-state index contributed by atoms with van der Waals surface area (Å²) in [6, 6.07) is 6.08. The standard InChI is InChI=1S/C18H22N6O/c1-4-13(10-25)21-18-23-16-15(19-7-8-20-16)17(24-18)22-14-9-11(2)5-6-12(14)3/h5-9,13,25H,4,10H2,1-3H3,(H2,20,21,22,23,24)/t13-/m0/s1. The van der Waals surface area contributed by atoms with Crippen LogP contribution in [0.2, 0.25) is 0 Å². The maximum absolute atomic E-state index is 9.41. The Morgan fingerprint density at radius 2 is 1.92 bits per heavy atom. The average Bonchev–Trinajstić information content (AvgIpc) is 2.62. The van der Waals surface area contributed by atoms with Gasteiger partial charge in [0.2, 0.25) is 5.95 Å². The van der Waals surface area contributed by atoms with Gasteiger partial charge < -0.3 is 15.7 Å². The first-order valence-corrected chi connectivity index (χ1v) is 8.31. The van der Waals surface area contributed by atoms with Gasteiger partial charge in [0.25, 0.3) is 0 Å². The second-order valence-electron chi connectivity index (χ2n) is 6.00. The van der Waals surface area contributed by atoms with Gasteiger partial charge in [0.15, 0.2) is 17.0 Å². The van der Waals surface area contributed by atoms with Crippen molar-refractivity contribution >= 4 is 28.6 Å². The lowest BCUT2D eigenvalue weighted by atomic mass is 10.1. The molecule has 130 valence electrons. The van der Waals surface area contributed by atoms with Crippen molar-refractivity contribution in [3.63, 3.8) is 0 Å². The molecule has 0 bridgehead atoms. The molecule has 0 fully saturated rings. The van der Waals surface area contributed by atoms with Gasteiger partial charge >= 0.3 is 0 Å². The maximum atomic E-state index is 9.41. The molecular formula is C18H22N6O. The van der Waals surface area contributed by atoms with Crippen LogP contribution in [0.3, 0.4) is 0 Å². The fourth-order valence-electron chi connectivity index (χ4n) is 2.47. The predicted octanol–water partition coefficient (Wildman–Crippen LogP) is 2.96. The highest BCUT2D eigenvalue weighted by Crippen LogP contribution is 2.25. The number of aromatic nitrogens is 4. The number of rotatable bonds is 6. The van der Waals surface area contributed by atoms with Crippen LogP contribution in [0.15, 0.2) is 30.6 Å². The molecule has 7 nitrogen and oxygen atoms in total. The molecule has 0 spiro atoms. The van der Waals surface area contributed by atoms with Crippen molar-refractivity contribution < 1.29 is 5.11 Å². The van der Waals surface area contributed by atoms with Gasteiger partial charge in [-0.2, -0.15) is 9.97 Å². The smallest absolute Gasteiger partial charge is 0.227 e. The van der Waals surface area contributed by atoms with Gasteiger partial charge in [-0.3, -0.25) is 0 Å². The van der Waals surface area contributed by atoms with Crippen molar-refractivity contribution in [1.82, 2.24) is 19.9 Å². The lowest BCUT2D eigenvalue weighted by molar-refractivity contribution is 0.271. The molecule has 0 saturated heterocycles. The van der Waals surface area contributed by atoms with Crippen molar-refractivity contribution in [2.24, 2.45) is 0 Å².